The minimum Gasteiger partial charge on any atom is -0.480 e. The molecule has 3 N–H and O–H groups in total. The van der Waals surface area contributed by atoms with E-state index in [0.717, 1.165) is 12.8 Å². The molecule has 0 bridgehead atoms. The molecular weight excluding hydrogens is 198 g/mol. The van der Waals surface area contributed by atoms with Gasteiger partial charge in [-0.05, 0) is 12.3 Å². The number of hydrogen-bond donors (Lipinski definition) is 2. The topological polar surface area (TPSA) is 89.6 Å². The molecule has 0 saturated carbocycles. The molecule has 0 aliphatic carbocycles. The van der Waals surface area contributed by atoms with Crippen LogP contribution < -0.4 is 5.73 Å². The van der Waals surface area contributed by atoms with Crippen molar-refractivity contribution in [3.05, 3.63) is 0 Å². The van der Waals surface area contributed by atoms with E-state index in [-0.39, 0.29) is 12.4 Å². The van der Waals surface area contributed by atoms with Crippen LogP contribution in [0.3, 0.4) is 0 Å². The van der Waals surface area contributed by atoms with Gasteiger partial charge in [0.25, 0.3) is 0 Å². The Morgan fingerprint density at radius 1 is 1.47 bits per heavy atom. The van der Waals surface area contributed by atoms with Crippen LogP contribution in [0.25, 0.3) is 0 Å². The van der Waals surface area contributed by atoms with E-state index in [4.69, 9.17) is 15.6 Å². The summed E-state index contributed by atoms with van der Waals surface area (Å²) in [7, 11) is 0. The van der Waals surface area contributed by atoms with Gasteiger partial charge in [-0.15, -0.1) is 0 Å². The zero-order valence-corrected chi connectivity index (χ0v) is 9.23. The van der Waals surface area contributed by atoms with E-state index in [1.165, 1.54) is 0 Å². The number of aliphatic carboxylic acids is 1. The Balaban J connectivity index is 3.80. The van der Waals surface area contributed by atoms with Crippen LogP contribution in [-0.2, 0) is 14.3 Å². The van der Waals surface area contributed by atoms with Crippen molar-refractivity contribution in [2.24, 2.45) is 11.7 Å². The largest absolute Gasteiger partial charge is 0.480 e. The summed E-state index contributed by atoms with van der Waals surface area (Å²) in [5.41, 5.74) is 5.36. The van der Waals surface area contributed by atoms with Crippen LogP contribution in [0.2, 0.25) is 0 Å². The summed E-state index contributed by atoms with van der Waals surface area (Å²) in [6.45, 7) is 4.01. The second kappa shape index (κ2) is 7.23. The van der Waals surface area contributed by atoms with Gasteiger partial charge in [-0.25, -0.2) is 0 Å². The molecule has 0 radical (unpaired) electrons. The van der Waals surface area contributed by atoms with Crippen LogP contribution >= 0.6 is 0 Å². The third-order valence-corrected chi connectivity index (χ3v) is 2.15. The van der Waals surface area contributed by atoms with Crippen molar-refractivity contribution in [1.82, 2.24) is 0 Å². The number of esters is 1. The molecule has 5 heteroatoms. The van der Waals surface area contributed by atoms with Gasteiger partial charge >= 0.3 is 11.9 Å². The van der Waals surface area contributed by atoms with E-state index in [0.29, 0.717) is 6.61 Å². The van der Waals surface area contributed by atoms with Crippen LogP contribution in [0.5, 0.6) is 0 Å². The minimum atomic E-state index is -1.09. The van der Waals surface area contributed by atoms with E-state index >= 15 is 0 Å². The predicted octanol–water partition coefficient (Wildman–Crippen LogP) is 0.768. The van der Waals surface area contributed by atoms with Gasteiger partial charge in [-0.1, -0.05) is 20.3 Å². The second-order valence-corrected chi connectivity index (χ2v) is 3.62. The lowest BCUT2D eigenvalue weighted by molar-refractivity contribution is -0.146. The maximum Gasteiger partial charge on any atom is 0.320 e. The molecule has 0 saturated heterocycles. The van der Waals surface area contributed by atoms with Gasteiger partial charge in [0.2, 0.25) is 0 Å². The van der Waals surface area contributed by atoms with Crippen molar-refractivity contribution in [1.29, 1.82) is 0 Å². The highest BCUT2D eigenvalue weighted by Gasteiger charge is 2.22. The lowest BCUT2D eigenvalue weighted by Gasteiger charge is -2.14. The maximum atomic E-state index is 11.2. The molecule has 5 nitrogen and oxygen atoms in total. The Labute approximate surface area is 89.6 Å². The van der Waals surface area contributed by atoms with Crippen LogP contribution in [0.15, 0.2) is 0 Å². The summed E-state index contributed by atoms with van der Waals surface area (Å²) in [5, 5.41) is 8.60. The quantitative estimate of drug-likeness (QED) is 0.485. The monoisotopic (exact) mass is 217 g/mol. The fourth-order valence-corrected chi connectivity index (χ4v) is 1.02. The SMILES string of the molecule is CCCCOC(=O)CC(C)[C@@H](N)C(=O)O. The number of carboxylic acid groups (broad SMARTS) is 1. The molecule has 0 fully saturated rings. The van der Waals surface area contributed by atoms with Gasteiger partial charge in [-0.3, -0.25) is 9.59 Å². The number of carbonyl (C=O) groups excluding carboxylic acids is 1. The van der Waals surface area contributed by atoms with Crippen molar-refractivity contribution in [3.8, 4) is 0 Å². The normalized spacial score (nSPS) is 14.3. The highest BCUT2D eigenvalue weighted by atomic mass is 16.5. The highest BCUT2D eigenvalue weighted by molar-refractivity contribution is 5.75. The standard InChI is InChI=1S/C10H19NO4/c1-3-4-5-15-8(12)6-7(2)9(11)10(13)14/h7,9H,3-6,11H2,1-2H3,(H,13,14)/t7?,9-/m1/s1. The Morgan fingerprint density at radius 2 is 2.07 bits per heavy atom. The number of rotatable bonds is 7. The molecule has 0 aliphatic rings. The average Bonchev–Trinajstić information content (AvgIpc) is 2.16. The number of carboxylic acids is 1. The summed E-state index contributed by atoms with van der Waals surface area (Å²) in [6, 6.07) is -1.01. The van der Waals surface area contributed by atoms with Gasteiger partial charge in [0.05, 0.1) is 13.0 Å². The molecule has 0 rings (SSSR count). The summed E-state index contributed by atoms with van der Waals surface area (Å²) in [5.74, 6) is -1.88. The predicted molar refractivity (Wildman–Crippen MR) is 55.3 cm³/mol. The minimum absolute atomic E-state index is 0.0528. The van der Waals surface area contributed by atoms with Gasteiger partial charge in [0.15, 0.2) is 0 Å². The molecule has 15 heavy (non-hydrogen) atoms. The van der Waals surface area contributed by atoms with Crippen molar-refractivity contribution in [3.63, 3.8) is 0 Å². The number of ether oxygens (including phenoxy) is 1. The van der Waals surface area contributed by atoms with E-state index in [1.807, 2.05) is 6.92 Å². The smallest absolute Gasteiger partial charge is 0.320 e. The molecule has 2 atom stereocenters. The highest BCUT2D eigenvalue weighted by Crippen LogP contribution is 2.08. The van der Waals surface area contributed by atoms with Crippen LogP contribution in [0.1, 0.15) is 33.1 Å². The molecule has 1 unspecified atom stereocenters. The molecule has 88 valence electrons. The average molecular weight is 217 g/mol. The van der Waals surface area contributed by atoms with Crippen molar-refractivity contribution in [2.75, 3.05) is 6.61 Å². The summed E-state index contributed by atoms with van der Waals surface area (Å²) in [4.78, 5) is 21.7. The molecule has 0 aromatic carbocycles. The lowest BCUT2D eigenvalue weighted by atomic mass is 9.99. The Morgan fingerprint density at radius 3 is 2.53 bits per heavy atom. The Kier molecular flexibility index (Phi) is 6.70. The van der Waals surface area contributed by atoms with Crippen LogP contribution in [0, 0.1) is 5.92 Å². The third kappa shape index (κ3) is 6.06. The molecule has 0 spiro atoms. The summed E-state index contributed by atoms with van der Waals surface area (Å²) >= 11 is 0. The van der Waals surface area contributed by atoms with E-state index in [1.54, 1.807) is 6.92 Å². The first-order chi connectivity index (χ1) is 6.99. The van der Waals surface area contributed by atoms with Gasteiger partial charge < -0.3 is 15.6 Å². The second-order valence-electron chi connectivity index (χ2n) is 3.62. The first kappa shape index (κ1) is 13.9. The lowest BCUT2D eigenvalue weighted by Crippen LogP contribution is -2.37. The third-order valence-electron chi connectivity index (χ3n) is 2.15. The molecule has 0 aromatic rings. The molecule has 0 aliphatic heterocycles. The van der Waals surface area contributed by atoms with Crippen molar-refractivity contribution >= 4 is 11.9 Å². The first-order valence-electron chi connectivity index (χ1n) is 5.13. The number of carbonyl (C=O) groups is 2. The summed E-state index contributed by atoms with van der Waals surface area (Å²) in [6.07, 6.45) is 1.83. The van der Waals surface area contributed by atoms with Gasteiger partial charge in [-0.2, -0.15) is 0 Å². The van der Waals surface area contributed by atoms with Gasteiger partial charge in [0, 0.05) is 0 Å². The molecule has 0 aromatic heterocycles. The first-order valence-corrected chi connectivity index (χ1v) is 5.13. The van der Waals surface area contributed by atoms with Crippen molar-refractivity contribution < 1.29 is 19.4 Å². The molecule has 0 amide bonds. The Bertz CT molecular complexity index is 217. The molecular formula is C10H19NO4. The summed E-state index contributed by atoms with van der Waals surface area (Å²) < 4.78 is 4.90. The Hall–Kier alpha value is -1.10. The fourth-order valence-electron chi connectivity index (χ4n) is 1.02. The molecule has 0 heterocycles. The van der Waals surface area contributed by atoms with Crippen LogP contribution in [0.4, 0.5) is 0 Å². The van der Waals surface area contributed by atoms with E-state index < -0.39 is 17.9 Å². The fraction of sp³-hybridized carbons (Fsp3) is 0.800. The van der Waals surface area contributed by atoms with Gasteiger partial charge in [0.1, 0.15) is 6.04 Å². The number of nitrogens with two attached hydrogens (primary N) is 1. The number of unbranched alkanes of at least 4 members (excludes halogenated alkanes) is 1. The zero-order chi connectivity index (χ0) is 11.8. The zero-order valence-electron chi connectivity index (χ0n) is 9.23. The van der Waals surface area contributed by atoms with E-state index in [2.05, 4.69) is 0 Å². The maximum absolute atomic E-state index is 11.2. The van der Waals surface area contributed by atoms with E-state index in [9.17, 15) is 9.59 Å². The van der Waals surface area contributed by atoms with Crippen LogP contribution in [-0.4, -0.2) is 29.7 Å². The number of hydrogen-bond acceptors (Lipinski definition) is 4. The van der Waals surface area contributed by atoms with Crippen molar-refractivity contribution in [2.45, 2.75) is 39.2 Å².